The van der Waals surface area contributed by atoms with Crippen LogP contribution in [0.2, 0.25) is 0 Å². The van der Waals surface area contributed by atoms with Crippen LogP contribution >= 0.6 is 0 Å². The Balaban J connectivity index is 1.90. The van der Waals surface area contributed by atoms with E-state index in [9.17, 15) is 9.59 Å². The summed E-state index contributed by atoms with van der Waals surface area (Å²) in [5, 5.41) is 0. The Hall–Kier alpha value is -2.04. The fourth-order valence-electron chi connectivity index (χ4n) is 2.27. The minimum absolute atomic E-state index is 0.0202. The highest BCUT2D eigenvalue weighted by Gasteiger charge is 2.24. The zero-order valence-corrected chi connectivity index (χ0v) is 11.8. The molecule has 1 heterocycles. The quantitative estimate of drug-likeness (QED) is 0.771. The third kappa shape index (κ3) is 3.29. The molecule has 0 aliphatic carbocycles. The molecule has 0 radical (unpaired) electrons. The van der Waals surface area contributed by atoms with Gasteiger partial charge in [-0.25, -0.2) is 0 Å². The lowest BCUT2D eigenvalue weighted by molar-refractivity contribution is -0.145. The van der Waals surface area contributed by atoms with Gasteiger partial charge in [0.25, 0.3) is 0 Å². The number of hydrogen-bond donors (Lipinski definition) is 0. The highest BCUT2D eigenvalue weighted by molar-refractivity contribution is 5.81. The Bertz CT molecular complexity index is 513. The van der Waals surface area contributed by atoms with Gasteiger partial charge in [-0.15, -0.1) is 0 Å². The second-order valence-corrected chi connectivity index (χ2v) is 4.69. The molecular formula is C15H19NO4. The van der Waals surface area contributed by atoms with Gasteiger partial charge in [0.1, 0.15) is 5.75 Å². The Kier molecular flexibility index (Phi) is 4.61. The van der Waals surface area contributed by atoms with Gasteiger partial charge in [-0.3, -0.25) is 9.59 Å². The predicted molar refractivity (Wildman–Crippen MR) is 73.1 cm³/mol. The molecule has 5 heteroatoms. The summed E-state index contributed by atoms with van der Waals surface area (Å²) in [7, 11) is 1.62. The minimum atomic E-state index is -0.320. The number of ether oxygens (including phenoxy) is 2. The Morgan fingerprint density at radius 1 is 1.20 bits per heavy atom. The maximum atomic E-state index is 12.1. The van der Waals surface area contributed by atoms with E-state index < -0.39 is 0 Å². The van der Waals surface area contributed by atoms with Gasteiger partial charge in [0, 0.05) is 19.5 Å². The van der Waals surface area contributed by atoms with Crippen LogP contribution in [0.4, 0.5) is 0 Å². The second-order valence-electron chi connectivity index (χ2n) is 4.69. The van der Waals surface area contributed by atoms with E-state index in [1.54, 1.807) is 18.9 Å². The van der Waals surface area contributed by atoms with Gasteiger partial charge in [0.05, 0.1) is 20.1 Å². The van der Waals surface area contributed by atoms with E-state index in [2.05, 4.69) is 0 Å². The molecule has 1 amide bonds. The lowest BCUT2D eigenvalue weighted by Crippen LogP contribution is -2.25. The molecule has 0 saturated heterocycles. The molecule has 108 valence electrons. The SMILES string of the molecule is CCOC(=O)CCC(=O)N1Cc2ccc(OC)cc2C1. The molecule has 0 saturated carbocycles. The molecule has 2 rings (SSSR count). The van der Waals surface area contributed by atoms with E-state index >= 15 is 0 Å². The standard InChI is InChI=1S/C15H19NO4/c1-3-20-15(18)7-6-14(17)16-9-11-4-5-13(19-2)8-12(11)10-16/h4-5,8H,3,6-7,9-10H2,1-2H3. The smallest absolute Gasteiger partial charge is 0.306 e. The van der Waals surface area contributed by atoms with E-state index in [0.717, 1.165) is 16.9 Å². The van der Waals surface area contributed by atoms with Crippen LogP contribution in [0.5, 0.6) is 5.75 Å². The molecule has 1 aromatic rings. The number of methoxy groups -OCH3 is 1. The molecule has 0 fully saturated rings. The molecule has 1 aliphatic rings. The molecule has 0 atom stereocenters. The van der Waals surface area contributed by atoms with Crippen molar-refractivity contribution in [1.82, 2.24) is 4.90 Å². The molecule has 1 aliphatic heterocycles. The Labute approximate surface area is 118 Å². The number of esters is 1. The van der Waals surface area contributed by atoms with Crippen LogP contribution in [0.15, 0.2) is 18.2 Å². The molecule has 5 nitrogen and oxygen atoms in total. The first-order valence-electron chi connectivity index (χ1n) is 6.73. The fourth-order valence-corrected chi connectivity index (χ4v) is 2.27. The monoisotopic (exact) mass is 277 g/mol. The molecule has 20 heavy (non-hydrogen) atoms. The highest BCUT2D eigenvalue weighted by Crippen LogP contribution is 2.27. The van der Waals surface area contributed by atoms with Crippen LogP contribution in [0, 0.1) is 0 Å². The zero-order chi connectivity index (χ0) is 14.5. The molecule has 0 bridgehead atoms. The van der Waals surface area contributed by atoms with Crippen molar-refractivity contribution in [3.63, 3.8) is 0 Å². The van der Waals surface area contributed by atoms with Crippen molar-refractivity contribution in [2.24, 2.45) is 0 Å². The molecule has 0 spiro atoms. The van der Waals surface area contributed by atoms with E-state index in [0.29, 0.717) is 19.7 Å². The summed E-state index contributed by atoms with van der Waals surface area (Å²) in [6.07, 6.45) is 0.340. The highest BCUT2D eigenvalue weighted by atomic mass is 16.5. The number of carbonyl (C=O) groups excluding carboxylic acids is 2. The summed E-state index contributed by atoms with van der Waals surface area (Å²) >= 11 is 0. The van der Waals surface area contributed by atoms with Crippen molar-refractivity contribution in [2.45, 2.75) is 32.9 Å². The predicted octanol–water partition coefficient (Wildman–Crippen LogP) is 1.88. The molecule has 0 N–H and O–H groups in total. The topological polar surface area (TPSA) is 55.8 Å². The summed E-state index contributed by atoms with van der Waals surface area (Å²) < 4.78 is 10.00. The van der Waals surface area contributed by atoms with Gasteiger partial charge >= 0.3 is 5.97 Å². The largest absolute Gasteiger partial charge is 0.497 e. The van der Waals surface area contributed by atoms with Crippen molar-refractivity contribution in [1.29, 1.82) is 0 Å². The third-order valence-corrected chi connectivity index (χ3v) is 3.34. The zero-order valence-electron chi connectivity index (χ0n) is 11.8. The minimum Gasteiger partial charge on any atom is -0.497 e. The van der Waals surface area contributed by atoms with Crippen LogP contribution in [-0.2, 0) is 27.4 Å². The Morgan fingerprint density at radius 3 is 2.65 bits per heavy atom. The van der Waals surface area contributed by atoms with Crippen LogP contribution in [0.25, 0.3) is 0 Å². The Morgan fingerprint density at radius 2 is 1.95 bits per heavy atom. The van der Waals surface area contributed by atoms with Crippen molar-refractivity contribution in [3.05, 3.63) is 29.3 Å². The van der Waals surface area contributed by atoms with Gasteiger partial charge in [0.2, 0.25) is 5.91 Å². The van der Waals surface area contributed by atoms with Crippen molar-refractivity contribution in [3.8, 4) is 5.75 Å². The van der Waals surface area contributed by atoms with Gasteiger partial charge < -0.3 is 14.4 Å². The number of hydrogen-bond acceptors (Lipinski definition) is 4. The van der Waals surface area contributed by atoms with E-state index in [1.807, 2.05) is 18.2 Å². The van der Waals surface area contributed by atoms with E-state index in [-0.39, 0.29) is 24.7 Å². The maximum Gasteiger partial charge on any atom is 0.306 e. The van der Waals surface area contributed by atoms with Crippen LogP contribution < -0.4 is 4.74 Å². The number of fused-ring (bicyclic) bond motifs is 1. The first-order chi connectivity index (χ1) is 9.63. The van der Waals surface area contributed by atoms with Gasteiger partial charge in [-0.05, 0) is 30.2 Å². The van der Waals surface area contributed by atoms with Crippen molar-refractivity contribution in [2.75, 3.05) is 13.7 Å². The average molecular weight is 277 g/mol. The number of carbonyl (C=O) groups is 2. The molecule has 1 aromatic carbocycles. The van der Waals surface area contributed by atoms with Gasteiger partial charge in [-0.2, -0.15) is 0 Å². The third-order valence-electron chi connectivity index (χ3n) is 3.34. The van der Waals surface area contributed by atoms with E-state index in [4.69, 9.17) is 9.47 Å². The second kappa shape index (κ2) is 6.41. The van der Waals surface area contributed by atoms with Crippen LogP contribution in [-0.4, -0.2) is 30.5 Å². The van der Waals surface area contributed by atoms with Crippen molar-refractivity contribution < 1.29 is 19.1 Å². The maximum absolute atomic E-state index is 12.1. The van der Waals surface area contributed by atoms with Crippen LogP contribution in [0.1, 0.15) is 30.9 Å². The summed E-state index contributed by atoms with van der Waals surface area (Å²) in [5.74, 6) is 0.456. The summed E-state index contributed by atoms with van der Waals surface area (Å²) in [6.45, 7) is 3.28. The van der Waals surface area contributed by atoms with Gasteiger partial charge in [-0.1, -0.05) is 6.07 Å². The first kappa shape index (κ1) is 14.4. The molecular weight excluding hydrogens is 258 g/mol. The lowest BCUT2D eigenvalue weighted by Gasteiger charge is -2.14. The van der Waals surface area contributed by atoms with Crippen molar-refractivity contribution >= 4 is 11.9 Å². The first-order valence-corrected chi connectivity index (χ1v) is 6.73. The summed E-state index contributed by atoms with van der Waals surface area (Å²) in [4.78, 5) is 25.1. The van der Waals surface area contributed by atoms with Gasteiger partial charge in [0.15, 0.2) is 0 Å². The number of amides is 1. The lowest BCUT2D eigenvalue weighted by atomic mass is 10.1. The molecule has 0 unspecified atom stereocenters. The number of rotatable bonds is 5. The van der Waals surface area contributed by atoms with Crippen LogP contribution in [0.3, 0.4) is 0 Å². The average Bonchev–Trinajstić information content (AvgIpc) is 2.87. The number of benzene rings is 1. The molecule has 0 aromatic heterocycles. The number of nitrogens with zero attached hydrogens (tertiary/aromatic N) is 1. The summed E-state index contributed by atoms with van der Waals surface area (Å²) in [5.41, 5.74) is 2.24. The normalized spacial score (nSPS) is 13.0. The summed E-state index contributed by atoms with van der Waals surface area (Å²) in [6, 6.07) is 5.83. The fraction of sp³-hybridized carbons (Fsp3) is 0.467. The van der Waals surface area contributed by atoms with E-state index in [1.165, 1.54) is 0 Å².